The summed E-state index contributed by atoms with van der Waals surface area (Å²) in [6, 6.07) is 4.21. The van der Waals surface area contributed by atoms with Crippen molar-refractivity contribution in [2.24, 2.45) is 17.8 Å². The van der Waals surface area contributed by atoms with Crippen LogP contribution in [0.2, 0.25) is 0 Å². The number of ketones is 1. The minimum atomic E-state index is -4.14. The minimum Gasteiger partial charge on any atom is -0.341 e. The number of H-pyrrole nitrogens is 1. The van der Waals surface area contributed by atoms with Crippen LogP contribution in [-0.4, -0.2) is 45.2 Å². The molecule has 10 heteroatoms. The molecule has 0 radical (unpaired) electrons. The Morgan fingerprint density at radius 3 is 2.49 bits per heavy atom. The van der Waals surface area contributed by atoms with E-state index in [4.69, 9.17) is 4.98 Å². The average molecular weight is 547 g/mol. The number of hydrogen-bond acceptors (Lipinski definition) is 6. The van der Waals surface area contributed by atoms with Crippen molar-refractivity contribution in [1.29, 1.82) is 0 Å². The summed E-state index contributed by atoms with van der Waals surface area (Å²) in [6.45, 7) is 0. The number of rotatable bonds is 9. The Morgan fingerprint density at radius 2 is 1.74 bits per heavy atom. The van der Waals surface area contributed by atoms with E-state index in [9.17, 15) is 18.0 Å². The molecule has 3 saturated carbocycles. The second-order valence-corrected chi connectivity index (χ2v) is 12.1. The molecule has 0 unspecified atom stereocenters. The molecule has 5 rings (SSSR count). The van der Waals surface area contributed by atoms with E-state index in [-0.39, 0.29) is 30.6 Å². The zero-order chi connectivity index (χ0) is 27.4. The van der Waals surface area contributed by atoms with Crippen molar-refractivity contribution in [2.45, 2.75) is 108 Å². The number of nitrogens with zero attached hydrogens (tertiary/aromatic N) is 4. The molecule has 2 aromatic rings. The largest absolute Gasteiger partial charge is 0.391 e. The van der Waals surface area contributed by atoms with Crippen molar-refractivity contribution >= 4 is 23.4 Å². The molecule has 2 atom stereocenters. The van der Waals surface area contributed by atoms with Gasteiger partial charge >= 0.3 is 6.18 Å². The molecule has 214 valence electrons. The van der Waals surface area contributed by atoms with E-state index in [0.717, 1.165) is 37.9 Å². The first kappa shape index (κ1) is 27.9. The molecule has 2 N–H and O–H groups in total. The summed E-state index contributed by atoms with van der Waals surface area (Å²) in [5.74, 6) is 1.78. The predicted octanol–water partition coefficient (Wildman–Crippen LogP) is 7.31. The number of carbonyl (C=O) groups is 1. The third-order valence-electron chi connectivity index (χ3n) is 9.25. The fraction of sp³-hybridized carbons (Fsp3) is 0.724. The molecule has 3 fully saturated rings. The van der Waals surface area contributed by atoms with Gasteiger partial charge in [-0.2, -0.15) is 23.3 Å². The smallest absolute Gasteiger partial charge is 0.341 e. The molecule has 39 heavy (non-hydrogen) atoms. The van der Waals surface area contributed by atoms with Gasteiger partial charge in [-0.1, -0.05) is 19.3 Å². The first-order chi connectivity index (χ1) is 18.7. The average Bonchev–Trinajstić information content (AvgIpc) is 3.61. The van der Waals surface area contributed by atoms with Crippen molar-refractivity contribution < 1.29 is 18.0 Å². The van der Waals surface area contributed by atoms with Crippen molar-refractivity contribution in [3.63, 3.8) is 0 Å². The number of hydrogen-bond donors (Lipinski definition) is 2. The SMILES string of the molecule is CN(c1nccc(Nc2cc(C3CCCC3)[nH]n2)n1)C1CCC(CC(=O)C[C@H]2CCC[C@@H](C(F)(F)F)C2)CC1. The van der Waals surface area contributed by atoms with E-state index >= 15 is 0 Å². The number of aromatic nitrogens is 4. The number of alkyl halides is 3. The Morgan fingerprint density at radius 1 is 1.00 bits per heavy atom. The number of carbonyl (C=O) groups excluding carboxylic acids is 1. The lowest BCUT2D eigenvalue weighted by molar-refractivity contribution is -0.186. The number of nitrogens with one attached hydrogen (secondary N) is 2. The summed E-state index contributed by atoms with van der Waals surface area (Å²) in [6.07, 6.45) is 8.78. The van der Waals surface area contributed by atoms with Gasteiger partial charge in [0.2, 0.25) is 5.95 Å². The number of halogens is 3. The summed E-state index contributed by atoms with van der Waals surface area (Å²) in [5, 5.41) is 10.9. The second-order valence-electron chi connectivity index (χ2n) is 12.1. The van der Waals surface area contributed by atoms with Crippen LogP contribution < -0.4 is 10.2 Å². The topological polar surface area (TPSA) is 86.8 Å². The fourth-order valence-electron chi connectivity index (χ4n) is 6.97. The molecule has 2 aromatic heterocycles. The van der Waals surface area contributed by atoms with Crippen LogP contribution >= 0.6 is 0 Å². The van der Waals surface area contributed by atoms with E-state index in [0.29, 0.717) is 42.9 Å². The van der Waals surface area contributed by atoms with E-state index in [2.05, 4.69) is 31.5 Å². The van der Waals surface area contributed by atoms with Gasteiger partial charge in [0.1, 0.15) is 11.6 Å². The zero-order valence-corrected chi connectivity index (χ0v) is 22.8. The molecule has 0 amide bonds. The van der Waals surface area contributed by atoms with Gasteiger partial charge in [-0.15, -0.1) is 0 Å². The molecular weight excluding hydrogens is 505 g/mol. The Labute approximate surface area is 228 Å². The van der Waals surface area contributed by atoms with Gasteiger partial charge in [0.05, 0.1) is 5.92 Å². The lowest BCUT2D eigenvalue weighted by Gasteiger charge is -2.35. The van der Waals surface area contributed by atoms with Crippen LogP contribution in [0.1, 0.15) is 102 Å². The van der Waals surface area contributed by atoms with Crippen LogP contribution in [0.25, 0.3) is 0 Å². The highest BCUT2D eigenvalue weighted by Gasteiger charge is 2.42. The molecular formula is C29H41F3N6O. The van der Waals surface area contributed by atoms with Crippen molar-refractivity contribution in [2.75, 3.05) is 17.3 Å². The Bertz CT molecular complexity index is 1090. The van der Waals surface area contributed by atoms with Gasteiger partial charge in [0.25, 0.3) is 0 Å². The predicted molar refractivity (Wildman–Crippen MR) is 145 cm³/mol. The van der Waals surface area contributed by atoms with Gasteiger partial charge in [0.15, 0.2) is 5.82 Å². The van der Waals surface area contributed by atoms with Crippen LogP contribution in [0.4, 0.5) is 30.8 Å². The lowest BCUT2D eigenvalue weighted by Crippen LogP contribution is -2.36. The van der Waals surface area contributed by atoms with Gasteiger partial charge in [-0.3, -0.25) is 9.89 Å². The molecule has 3 aliphatic rings. The lowest BCUT2D eigenvalue weighted by atomic mass is 9.77. The summed E-state index contributed by atoms with van der Waals surface area (Å²) in [7, 11) is 2.02. The number of Topliss-reactive ketones (excluding diaryl/α,β-unsaturated/α-hetero) is 1. The Kier molecular flexibility index (Phi) is 8.76. The van der Waals surface area contributed by atoms with Gasteiger partial charge in [0, 0.05) is 49.8 Å². The number of aromatic amines is 1. The van der Waals surface area contributed by atoms with Crippen LogP contribution in [0, 0.1) is 17.8 Å². The maximum atomic E-state index is 13.1. The fourth-order valence-corrected chi connectivity index (χ4v) is 6.97. The summed E-state index contributed by atoms with van der Waals surface area (Å²) < 4.78 is 39.4. The highest BCUT2D eigenvalue weighted by Crippen LogP contribution is 2.41. The van der Waals surface area contributed by atoms with Gasteiger partial charge < -0.3 is 10.2 Å². The van der Waals surface area contributed by atoms with E-state index in [1.807, 2.05) is 13.1 Å². The highest BCUT2D eigenvalue weighted by molar-refractivity contribution is 5.78. The molecule has 0 aliphatic heterocycles. The molecule has 0 bridgehead atoms. The van der Waals surface area contributed by atoms with Crippen LogP contribution in [0.5, 0.6) is 0 Å². The highest BCUT2D eigenvalue weighted by atomic mass is 19.4. The first-order valence-corrected chi connectivity index (χ1v) is 14.7. The standard InChI is InChI=1S/C29H41F3N6O/c1-38(28-33-14-13-26(35-28)34-27-18-25(36-37-27)21-6-2-3-7-21)23-11-9-19(10-12-23)16-24(39)17-20-5-4-8-22(15-20)29(30,31)32/h13-14,18-23H,2-12,15-17H2,1H3,(H2,33,34,35,36,37)/t19?,20-,22+,23?/m0/s1. The van der Waals surface area contributed by atoms with E-state index in [1.165, 1.54) is 31.4 Å². The van der Waals surface area contributed by atoms with E-state index in [1.54, 1.807) is 6.20 Å². The summed E-state index contributed by atoms with van der Waals surface area (Å²) in [5.41, 5.74) is 1.18. The third-order valence-corrected chi connectivity index (χ3v) is 9.25. The second kappa shape index (κ2) is 12.3. The Hall–Kier alpha value is -2.65. The summed E-state index contributed by atoms with van der Waals surface area (Å²) >= 11 is 0. The molecule has 3 aliphatic carbocycles. The van der Waals surface area contributed by atoms with Crippen LogP contribution in [0.3, 0.4) is 0 Å². The molecule has 7 nitrogen and oxygen atoms in total. The maximum absolute atomic E-state index is 13.1. The number of anilines is 3. The molecule has 0 aromatic carbocycles. The van der Waals surface area contributed by atoms with Gasteiger partial charge in [-0.05, 0) is 75.7 Å². The Balaban J connectivity index is 1.08. The van der Waals surface area contributed by atoms with Crippen LogP contribution in [0.15, 0.2) is 18.3 Å². The first-order valence-electron chi connectivity index (χ1n) is 14.7. The summed E-state index contributed by atoms with van der Waals surface area (Å²) in [4.78, 5) is 24.0. The molecule has 0 saturated heterocycles. The van der Waals surface area contributed by atoms with Crippen molar-refractivity contribution in [3.8, 4) is 0 Å². The molecule has 0 spiro atoms. The van der Waals surface area contributed by atoms with Crippen molar-refractivity contribution in [3.05, 3.63) is 24.0 Å². The van der Waals surface area contributed by atoms with Crippen molar-refractivity contribution in [1.82, 2.24) is 20.2 Å². The molecule has 2 heterocycles. The van der Waals surface area contributed by atoms with E-state index < -0.39 is 12.1 Å². The quantitative estimate of drug-likeness (QED) is 0.343. The van der Waals surface area contributed by atoms with Gasteiger partial charge in [-0.25, -0.2) is 4.98 Å². The zero-order valence-electron chi connectivity index (χ0n) is 22.8. The maximum Gasteiger partial charge on any atom is 0.391 e. The third kappa shape index (κ3) is 7.31. The van der Waals surface area contributed by atoms with Crippen LogP contribution in [-0.2, 0) is 4.79 Å². The minimum absolute atomic E-state index is 0.114. The normalized spacial score (nSPS) is 26.5. The monoisotopic (exact) mass is 546 g/mol.